The number of carbonyl (C=O) groups is 1. The van der Waals surface area contributed by atoms with E-state index < -0.39 is 21.1 Å². The second-order valence-electron chi connectivity index (χ2n) is 3.89. The average molecular weight is 290 g/mol. The maximum atomic E-state index is 11.1. The van der Waals surface area contributed by atoms with E-state index in [2.05, 4.69) is 19.1 Å². The van der Waals surface area contributed by atoms with Crippen molar-refractivity contribution in [2.75, 3.05) is 0 Å². The van der Waals surface area contributed by atoms with Gasteiger partial charge in [0, 0.05) is 5.56 Å². The van der Waals surface area contributed by atoms with Gasteiger partial charge in [-0.3, -0.25) is 4.79 Å². The second-order valence-corrected chi connectivity index (χ2v) is 4.75. The van der Waals surface area contributed by atoms with Crippen molar-refractivity contribution >= 4 is 21.1 Å². The van der Waals surface area contributed by atoms with Gasteiger partial charge < -0.3 is 5.11 Å². The number of benzene rings is 2. The molecule has 104 valence electrons. The molecule has 2 rings (SSSR count). The van der Waals surface area contributed by atoms with Crippen LogP contribution in [0.25, 0.3) is 0 Å². The summed E-state index contributed by atoms with van der Waals surface area (Å²) in [6, 6.07) is 17.9. The van der Waals surface area contributed by atoms with E-state index in [1.54, 1.807) is 18.2 Å². The summed E-state index contributed by atoms with van der Waals surface area (Å²) in [5.74, 6) is -0.895. The molecule has 0 aliphatic carbocycles. The molecule has 0 heterocycles. The molecule has 0 aliphatic heterocycles. The lowest BCUT2D eigenvalue weighted by Crippen LogP contribution is -2.14. The number of Topliss-reactive ketones (excluding diaryl/α,β-unsaturated/α-hetero) is 1. The minimum absolute atomic E-state index is 0.143. The Morgan fingerprint density at radius 2 is 1.35 bits per heavy atom. The van der Waals surface area contributed by atoms with Crippen molar-refractivity contribution in [1.29, 1.82) is 0 Å². The quantitative estimate of drug-likeness (QED) is 0.681. The first-order chi connectivity index (χ1) is 9.52. The highest BCUT2D eigenvalue weighted by Crippen LogP contribution is 1.99. The van der Waals surface area contributed by atoms with E-state index in [1.165, 1.54) is 17.7 Å². The van der Waals surface area contributed by atoms with E-state index in [4.69, 9.17) is 5.11 Å². The minimum atomic E-state index is -2.87. The van der Waals surface area contributed by atoms with Gasteiger partial charge in [-0.05, 0) is 6.92 Å². The normalized spacial score (nSPS) is 9.10. The van der Waals surface area contributed by atoms with E-state index in [0.29, 0.717) is 0 Å². The summed E-state index contributed by atoms with van der Waals surface area (Å²) >= 11 is 0. The van der Waals surface area contributed by atoms with E-state index in [1.807, 2.05) is 18.2 Å². The maximum Gasteiger partial charge on any atom is 0.249 e. The topological polar surface area (TPSA) is 71.4 Å². The first kappa shape index (κ1) is 15.8. The van der Waals surface area contributed by atoms with E-state index in [9.17, 15) is 13.2 Å². The van der Waals surface area contributed by atoms with Gasteiger partial charge in [-0.15, -0.1) is 0 Å². The lowest BCUT2D eigenvalue weighted by atomic mass is 10.1. The Hall–Kier alpha value is -2.24. The highest BCUT2D eigenvalue weighted by molar-refractivity contribution is 7.74. The molecule has 0 unspecified atom stereocenters. The number of ketones is 1. The number of aliphatic hydroxyl groups excluding tert-OH is 1. The number of hydrogen-bond acceptors (Lipinski definition) is 3. The average Bonchev–Trinajstić information content (AvgIpc) is 2.48. The molecule has 0 amide bonds. The van der Waals surface area contributed by atoms with Crippen LogP contribution in [0.5, 0.6) is 0 Å². The van der Waals surface area contributed by atoms with Crippen molar-refractivity contribution in [2.24, 2.45) is 0 Å². The van der Waals surface area contributed by atoms with E-state index in [-0.39, 0.29) is 5.56 Å². The molecule has 4 nitrogen and oxygen atoms in total. The molecular weight excluding hydrogens is 276 g/mol. The molecule has 0 saturated carbocycles. The zero-order valence-corrected chi connectivity index (χ0v) is 11.7. The number of rotatable bonds is 2. The Labute approximate surface area is 118 Å². The van der Waals surface area contributed by atoms with Crippen LogP contribution in [0.4, 0.5) is 0 Å². The van der Waals surface area contributed by atoms with E-state index >= 15 is 0 Å². The third-order valence-corrected chi connectivity index (χ3v) is 2.83. The Kier molecular flexibility index (Phi) is 6.36. The fraction of sp³-hybridized carbons (Fsp3) is 0.0667. The second kappa shape index (κ2) is 8.04. The molecule has 0 radical (unpaired) electrons. The van der Waals surface area contributed by atoms with Gasteiger partial charge in [0.25, 0.3) is 0 Å². The summed E-state index contributed by atoms with van der Waals surface area (Å²) in [6.07, 6.45) is 0. The van der Waals surface area contributed by atoms with Crippen molar-refractivity contribution in [2.45, 2.75) is 6.92 Å². The lowest BCUT2D eigenvalue weighted by Gasteiger charge is -1.93. The van der Waals surface area contributed by atoms with Gasteiger partial charge in [0.1, 0.15) is 0 Å². The monoisotopic (exact) mass is 290 g/mol. The summed E-state index contributed by atoms with van der Waals surface area (Å²) in [5, 5.41) is 7.64. The predicted molar refractivity (Wildman–Crippen MR) is 78.5 cm³/mol. The third kappa shape index (κ3) is 5.17. The lowest BCUT2D eigenvalue weighted by molar-refractivity contribution is 0.105. The summed E-state index contributed by atoms with van der Waals surface area (Å²) in [6.45, 7) is 2.08. The van der Waals surface area contributed by atoms with Crippen LogP contribution in [0.1, 0.15) is 15.9 Å². The first-order valence-electron chi connectivity index (χ1n) is 5.79. The first-order valence-corrected chi connectivity index (χ1v) is 6.86. The Bertz CT molecular complexity index is 681. The molecule has 0 aliphatic rings. The highest BCUT2D eigenvalue weighted by atomic mass is 32.2. The summed E-state index contributed by atoms with van der Waals surface area (Å²) in [7, 11) is -2.87. The van der Waals surface area contributed by atoms with Crippen molar-refractivity contribution in [3.63, 3.8) is 0 Å². The zero-order valence-electron chi connectivity index (χ0n) is 10.9. The third-order valence-electron chi connectivity index (χ3n) is 2.33. The van der Waals surface area contributed by atoms with Crippen molar-refractivity contribution in [1.82, 2.24) is 0 Å². The number of carbonyl (C=O) groups excluding carboxylic acids is 1. The van der Waals surface area contributed by atoms with Crippen LogP contribution in [-0.4, -0.2) is 24.4 Å². The largest absolute Gasteiger partial charge is 0.345 e. The molecule has 5 heteroatoms. The van der Waals surface area contributed by atoms with Crippen molar-refractivity contribution < 1.29 is 18.3 Å². The van der Waals surface area contributed by atoms with Crippen LogP contribution in [0.2, 0.25) is 0 Å². The van der Waals surface area contributed by atoms with Gasteiger partial charge in [-0.1, -0.05) is 66.2 Å². The minimum Gasteiger partial charge on any atom is -0.345 e. The van der Waals surface area contributed by atoms with Crippen LogP contribution in [-0.2, 0) is 10.3 Å². The smallest absolute Gasteiger partial charge is 0.249 e. The predicted octanol–water partition coefficient (Wildman–Crippen LogP) is 2.43. The van der Waals surface area contributed by atoms with Gasteiger partial charge in [0.05, 0.1) is 0 Å². The van der Waals surface area contributed by atoms with E-state index in [0.717, 1.165) is 0 Å². The fourth-order valence-corrected chi connectivity index (χ4v) is 1.59. The van der Waals surface area contributed by atoms with Crippen molar-refractivity contribution in [3.8, 4) is 0 Å². The summed E-state index contributed by atoms with van der Waals surface area (Å²) in [4.78, 5) is 11.1. The number of aliphatic hydroxyl groups is 1. The molecular formula is C15H14O4S. The molecule has 2 aromatic rings. The Morgan fingerprint density at radius 3 is 1.70 bits per heavy atom. The van der Waals surface area contributed by atoms with Gasteiger partial charge in [0.15, 0.2) is 0 Å². The molecule has 0 saturated heterocycles. The van der Waals surface area contributed by atoms with Crippen LogP contribution in [0, 0.1) is 6.92 Å². The molecule has 0 atom stereocenters. The molecule has 2 aromatic carbocycles. The molecule has 0 aromatic heterocycles. The van der Waals surface area contributed by atoms with Crippen LogP contribution < -0.4 is 0 Å². The molecule has 0 fully saturated rings. The van der Waals surface area contributed by atoms with Gasteiger partial charge in [-0.2, -0.15) is 8.42 Å². The van der Waals surface area contributed by atoms with Gasteiger partial charge in [0.2, 0.25) is 21.1 Å². The van der Waals surface area contributed by atoms with Crippen LogP contribution >= 0.6 is 0 Å². The van der Waals surface area contributed by atoms with Crippen molar-refractivity contribution in [3.05, 3.63) is 71.8 Å². The Morgan fingerprint density at radius 1 is 0.900 bits per heavy atom. The van der Waals surface area contributed by atoms with Crippen LogP contribution in [0.3, 0.4) is 0 Å². The van der Waals surface area contributed by atoms with Gasteiger partial charge >= 0.3 is 0 Å². The molecule has 20 heavy (non-hydrogen) atoms. The SMILES string of the molecule is Cc1ccccc1.O=C(C(O)=S(=O)=O)c1ccccc1. The highest BCUT2D eigenvalue weighted by Gasteiger charge is 2.11. The molecule has 0 bridgehead atoms. The summed E-state index contributed by atoms with van der Waals surface area (Å²) in [5.41, 5.74) is 1.46. The Balaban J connectivity index is 0.000000240. The fourth-order valence-electron chi connectivity index (χ4n) is 1.32. The summed E-state index contributed by atoms with van der Waals surface area (Å²) < 4.78 is 20.4. The molecule has 0 spiro atoms. The van der Waals surface area contributed by atoms with Gasteiger partial charge in [-0.25, -0.2) is 0 Å². The number of hydrogen-bond donors (Lipinski definition) is 1. The van der Waals surface area contributed by atoms with Crippen LogP contribution in [0.15, 0.2) is 60.7 Å². The maximum absolute atomic E-state index is 11.1. The zero-order chi connectivity index (χ0) is 15.0. The number of aryl methyl sites for hydroxylation is 1. The molecule has 1 N–H and O–H groups in total. The standard InChI is InChI=1S/C8H6O4S.C7H8/c9-7(8(10)13(11)12)6-4-2-1-3-5-6;1-7-5-3-2-4-6-7/h1-5,10H;2-6H,1H3.